The first-order valence-corrected chi connectivity index (χ1v) is 7.21. The predicted molar refractivity (Wildman–Crippen MR) is 85.7 cm³/mol. The number of hydrogen-bond donors (Lipinski definition) is 1. The fourth-order valence-electron chi connectivity index (χ4n) is 2.02. The van der Waals surface area contributed by atoms with Gasteiger partial charge in [-0.05, 0) is 43.7 Å². The first-order valence-electron chi connectivity index (χ1n) is 6.83. The van der Waals surface area contributed by atoms with Crippen LogP contribution in [0.5, 0.6) is 11.5 Å². The number of phenols is 1. The van der Waals surface area contributed by atoms with Gasteiger partial charge < -0.3 is 14.3 Å². The summed E-state index contributed by atoms with van der Waals surface area (Å²) in [5, 5.41) is 19.2. The molecular formula is C17H14ClNO4. The van der Waals surface area contributed by atoms with Crippen LogP contribution in [0.2, 0.25) is 5.02 Å². The number of Topliss-reactive ketones (excluding diaryl/α,β-unsaturated/α-hetero) is 1. The standard InChI is InChI=1S/C17H14ClNO4/c1-3-22-15-8-11(7-14(18)17(15)21)6-12(9-19)16(20)13-4-5-23-10(13)2/h4-8,21H,3H2,1-2H3/b12-6+. The second-order valence-electron chi connectivity index (χ2n) is 4.67. The lowest BCUT2D eigenvalue weighted by atomic mass is 10.0. The van der Waals surface area contributed by atoms with Crippen molar-refractivity contribution in [3.8, 4) is 17.6 Å². The molecule has 2 aromatic rings. The summed E-state index contributed by atoms with van der Waals surface area (Å²) in [4.78, 5) is 12.4. The zero-order valence-corrected chi connectivity index (χ0v) is 13.3. The Morgan fingerprint density at radius 1 is 1.52 bits per heavy atom. The van der Waals surface area contributed by atoms with E-state index >= 15 is 0 Å². The van der Waals surface area contributed by atoms with E-state index in [4.69, 9.17) is 20.8 Å². The SMILES string of the molecule is CCOc1cc(/C=C(\C#N)C(=O)c2ccoc2C)cc(Cl)c1O. The Morgan fingerprint density at radius 2 is 2.26 bits per heavy atom. The lowest BCUT2D eigenvalue weighted by Crippen LogP contribution is -2.02. The fourth-order valence-corrected chi connectivity index (χ4v) is 2.24. The molecule has 1 aromatic heterocycles. The zero-order chi connectivity index (χ0) is 17.0. The number of nitriles is 1. The van der Waals surface area contributed by atoms with Crippen LogP contribution in [0, 0.1) is 18.3 Å². The van der Waals surface area contributed by atoms with Crippen molar-refractivity contribution < 1.29 is 19.1 Å². The van der Waals surface area contributed by atoms with Gasteiger partial charge in [-0.1, -0.05) is 11.6 Å². The van der Waals surface area contributed by atoms with E-state index in [1.807, 2.05) is 6.07 Å². The van der Waals surface area contributed by atoms with Crippen molar-refractivity contribution in [2.24, 2.45) is 0 Å². The third-order valence-corrected chi connectivity index (χ3v) is 3.42. The predicted octanol–water partition coefficient (Wildman–Crippen LogP) is 4.14. The van der Waals surface area contributed by atoms with Gasteiger partial charge in [-0.25, -0.2) is 0 Å². The van der Waals surface area contributed by atoms with Crippen LogP contribution in [-0.2, 0) is 0 Å². The number of rotatable bonds is 5. The van der Waals surface area contributed by atoms with Crippen molar-refractivity contribution in [1.29, 1.82) is 5.26 Å². The molecule has 0 bridgehead atoms. The van der Waals surface area contributed by atoms with Crippen LogP contribution in [0.25, 0.3) is 6.08 Å². The number of furan rings is 1. The number of ketones is 1. The second kappa shape index (κ2) is 7.03. The maximum atomic E-state index is 12.4. The third kappa shape index (κ3) is 3.55. The second-order valence-corrected chi connectivity index (χ2v) is 5.08. The molecule has 0 fully saturated rings. The number of allylic oxidation sites excluding steroid dienone is 1. The molecule has 1 heterocycles. The van der Waals surface area contributed by atoms with E-state index in [1.165, 1.54) is 30.5 Å². The number of carbonyl (C=O) groups excluding carboxylic acids is 1. The molecule has 2 rings (SSSR count). The van der Waals surface area contributed by atoms with Gasteiger partial charge in [0, 0.05) is 0 Å². The highest BCUT2D eigenvalue weighted by Crippen LogP contribution is 2.36. The molecule has 0 aliphatic rings. The zero-order valence-electron chi connectivity index (χ0n) is 12.6. The minimum atomic E-state index is -0.444. The van der Waals surface area contributed by atoms with Gasteiger partial charge in [-0.15, -0.1) is 0 Å². The summed E-state index contributed by atoms with van der Waals surface area (Å²) >= 11 is 5.94. The smallest absolute Gasteiger partial charge is 0.207 e. The first kappa shape index (κ1) is 16.7. The van der Waals surface area contributed by atoms with Crippen molar-refractivity contribution in [1.82, 2.24) is 0 Å². The summed E-state index contributed by atoms with van der Waals surface area (Å²) in [5.41, 5.74) is 0.730. The number of halogens is 1. The van der Waals surface area contributed by atoms with Gasteiger partial charge in [0.15, 0.2) is 11.5 Å². The number of ether oxygens (including phenoxy) is 1. The minimum absolute atomic E-state index is 0.0706. The van der Waals surface area contributed by atoms with Gasteiger partial charge in [0.1, 0.15) is 17.4 Å². The number of nitrogens with zero attached hydrogens (tertiary/aromatic N) is 1. The molecule has 0 atom stereocenters. The molecule has 0 aliphatic carbocycles. The van der Waals surface area contributed by atoms with Crippen LogP contribution in [0.4, 0.5) is 0 Å². The van der Waals surface area contributed by atoms with E-state index in [-0.39, 0.29) is 22.1 Å². The maximum absolute atomic E-state index is 12.4. The molecule has 1 N–H and O–H groups in total. The Labute approximate surface area is 138 Å². The summed E-state index contributed by atoms with van der Waals surface area (Å²) in [7, 11) is 0. The van der Waals surface area contributed by atoms with Gasteiger partial charge in [0.25, 0.3) is 0 Å². The van der Waals surface area contributed by atoms with Crippen LogP contribution in [0.1, 0.15) is 28.6 Å². The monoisotopic (exact) mass is 331 g/mol. The Balaban J connectivity index is 2.45. The highest BCUT2D eigenvalue weighted by molar-refractivity contribution is 6.32. The Hall–Kier alpha value is -2.71. The summed E-state index contributed by atoms with van der Waals surface area (Å²) < 4.78 is 10.4. The molecule has 0 amide bonds. The molecular weight excluding hydrogens is 318 g/mol. The van der Waals surface area contributed by atoms with E-state index in [0.717, 1.165) is 0 Å². The molecule has 118 valence electrons. The van der Waals surface area contributed by atoms with Gasteiger partial charge >= 0.3 is 0 Å². The first-order chi connectivity index (χ1) is 11.0. The number of carbonyl (C=O) groups is 1. The molecule has 23 heavy (non-hydrogen) atoms. The van der Waals surface area contributed by atoms with E-state index in [9.17, 15) is 15.2 Å². The summed E-state index contributed by atoms with van der Waals surface area (Å²) in [6.45, 7) is 3.75. The summed E-state index contributed by atoms with van der Waals surface area (Å²) in [6, 6.07) is 6.35. The average Bonchev–Trinajstić information content (AvgIpc) is 2.95. The lowest BCUT2D eigenvalue weighted by molar-refractivity contribution is 0.103. The largest absolute Gasteiger partial charge is 0.503 e. The van der Waals surface area contributed by atoms with Crippen molar-refractivity contribution in [3.63, 3.8) is 0 Å². The van der Waals surface area contributed by atoms with Crippen LogP contribution in [-0.4, -0.2) is 17.5 Å². The van der Waals surface area contributed by atoms with Crippen LogP contribution < -0.4 is 4.74 Å². The molecule has 6 heteroatoms. The van der Waals surface area contributed by atoms with E-state index < -0.39 is 5.78 Å². The molecule has 0 saturated heterocycles. The van der Waals surface area contributed by atoms with E-state index in [0.29, 0.717) is 23.5 Å². The number of benzene rings is 1. The summed E-state index contributed by atoms with van der Waals surface area (Å²) in [6.07, 6.45) is 2.78. The van der Waals surface area contributed by atoms with Crippen molar-refractivity contribution in [2.45, 2.75) is 13.8 Å². The summed E-state index contributed by atoms with van der Waals surface area (Å²) in [5.74, 6) is 0.00691. The third-order valence-electron chi connectivity index (χ3n) is 3.13. The fraction of sp³-hybridized carbons (Fsp3) is 0.176. The molecule has 0 spiro atoms. The average molecular weight is 332 g/mol. The van der Waals surface area contributed by atoms with Crippen molar-refractivity contribution >= 4 is 23.5 Å². The molecule has 0 saturated carbocycles. The number of aromatic hydroxyl groups is 1. The van der Waals surface area contributed by atoms with Gasteiger partial charge in [-0.3, -0.25) is 4.79 Å². The van der Waals surface area contributed by atoms with Crippen molar-refractivity contribution in [2.75, 3.05) is 6.61 Å². The van der Waals surface area contributed by atoms with Gasteiger partial charge in [-0.2, -0.15) is 5.26 Å². The van der Waals surface area contributed by atoms with E-state index in [2.05, 4.69) is 0 Å². The van der Waals surface area contributed by atoms with Crippen LogP contribution in [0.15, 0.2) is 34.5 Å². The van der Waals surface area contributed by atoms with Gasteiger partial charge in [0.2, 0.25) is 5.78 Å². The molecule has 0 radical (unpaired) electrons. The number of aryl methyl sites for hydroxylation is 1. The van der Waals surface area contributed by atoms with Crippen LogP contribution >= 0.6 is 11.6 Å². The number of phenolic OH excluding ortho intramolecular Hbond substituents is 1. The Bertz CT molecular complexity index is 814. The Morgan fingerprint density at radius 3 is 2.83 bits per heavy atom. The lowest BCUT2D eigenvalue weighted by Gasteiger charge is -2.08. The van der Waals surface area contributed by atoms with E-state index in [1.54, 1.807) is 13.8 Å². The Kier molecular flexibility index (Phi) is 5.09. The highest BCUT2D eigenvalue weighted by atomic mass is 35.5. The minimum Gasteiger partial charge on any atom is -0.503 e. The van der Waals surface area contributed by atoms with Crippen LogP contribution in [0.3, 0.4) is 0 Å². The van der Waals surface area contributed by atoms with Crippen molar-refractivity contribution in [3.05, 3.63) is 51.9 Å². The number of hydrogen-bond acceptors (Lipinski definition) is 5. The molecule has 1 aromatic carbocycles. The molecule has 0 aliphatic heterocycles. The quantitative estimate of drug-likeness (QED) is 0.506. The van der Waals surface area contributed by atoms with Gasteiger partial charge in [0.05, 0.1) is 23.5 Å². The maximum Gasteiger partial charge on any atom is 0.207 e. The molecule has 5 nitrogen and oxygen atoms in total. The molecule has 0 unspecified atom stereocenters. The highest BCUT2D eigenvalue weighted by Gasteiger charge is 2.17. The normalized spacial score (nSPS) is 11.1. The topological polar surface area (TPSA) is 83.5 Å².